The highest BCUT2D eigenvalue weighted by Gasteiger charge is 2.30. The van der Waals surface area contributed by atoms with Crippen molar-refractivity contribution in [3.63, 3.8) is 0 Å². The van der Waals surface area contributed by atoms with E-state index in [1.165, 1.54) is 17.7 Å². The summed E-state index contributed by atoms with van der Waals surface area (Å²) in [6.45, 7) is 4.21. The third kappa shape index (κ3) is 2.72. The lowest BCUT2D eigenvalue weighted by molar-refractivity contribution is 0.0410. The molecule has 2 amide bonds. The molecule has 2 fully saturated rings. The average Bonchev–Trinajstić information content (AvgIpc) is 3.32. The number of piperidine rings is 1. The zero-order chi connectivity index (χ0) is 17.5. The molecule has 2 aromatic rings. The molecule has 0 unspecified atom stereocenters. The van der Waals surface area contributed by atoms with Crippen molar-refractivity contribution in [3.05, 3.63) is 23.1 Å². The van der Waals surface area contributed by atoms with Crippen LogP contribution in [0.3, 0.4) is 0 Å². The van der Waals surface area contributed by atoms with Gasteiger partial charge in [-0.2, -0.15) is 9.61 Å². The summed E-state index contributed by atoms with van der Waals surface area (Å²) in [4.78, 5) is 16.5. The zero-order valence-electron chi connectivity index (χ0n) is 14.9. The number of nitrogens with zero attached hydrogens (tertiary/aromatic N) is 6. The van der Waals surface area contributed by atoms with Gasteiger partial charge < -0.3 is 14.5 Å². The highest BCUT2D eigenvalue weighted by molar-refractivity contribution is 5.74. The van der Waals surface area contributed by atoms with E-state index >= 15 is 0 Å². The summed E-state index contributed by atoms with van der Waals surface area (Å²) < 4.78 is 7.28. The molecule has 2 aromatic heterocycles. The molecule has 2 saturated heterocycles. The Kier molecular flexibility index (Phi) is 4.00. The molecule has 5 rings (SSSR count). The van der Waals surface area contributed by atoms with Gasteiger partial charge in [0.25, 0.3) is 0 Å². The number of carbonyl (C=O) groups is 1. The predicted octanol–water partition coefficient (Wildman–Crippen LogP) is 1.24. The predicted molar refractivity (Wildman–Crippen MR) is 94.1 cm³/mol. The first kappa shape index (κ1) is 16.0. The molecule has 0 aromatic carbocycles. The minimum Gasteiger partial charge on any atom is -0.378 e. The lowest BCUT2D eigenvalue weighted by Gasteiger charge is -2.36. The van der Waals surface area contributed by atoms with Gasteiger partial charge in [0.15, 0.2) is 11.5 Å². The van der Waals surface area contributed by atoms with E-state index in [1.54, 1.807) is 0 Å². The van der Waals surface area contributed by atoms with Crippen molar-refractivity contribution in [2.24, 2.45) is 0 Å². The molecule has 0 radical (unpaired) electrons. The van der Waals surface area contributed by atoms with Crippen LogP contribution in [0.25, 0.3) is 5.65 Å². The van der Waals surface area contributed by atoms with Gasteiger partial charge >= 0.3 is 6.03 Å². The van der Waals surface area contributed by atoms with Gasteiger partial charge in [-0.05, 0) is 43.7 Å². The topological polar surface area (TPSA) is 75.9 Å². The third-order valence-corrected chi connectivity index (χ3v) is 5.86. The second-order valence-electron chi connectivity index (χ2n) is 7.44. The van der Waals surface area contributed by atoms with Crippen molar-refractivity contribution < 1.29 is 9.53 Å². The van der Waals surface area contributed by atoms with E-state index in [9.17, 15) is 4.79 Å². The molecule has 8 heteroatoms. The minimum atomic E-state index is 0.147. The summed E-state index contributed by atoms with van der Waals surface area (Å²) in [6, 6.07) is 2.29. The fourth-order valence-corrected chi connectivity index (χ4v) is 4.33. The van der Waals surface area contributed by atoms with E-state index in [-0.39, 0.29) is 6.03 Å². The first-order chi connectivity index (χ1) is 12.8. The van der Waals surface area contributed by atoms with Gasteiger partial charge in [0.2, 0.25) is 0 Å². The van der Waals surface area contributed by atoms with E-state index in [4.69, 9.17) is 9.84 Å². The number of fused-ring (bicyclic) bond motifs is 2. The molecule has 0 atom stereocenters. The van der Waals surface area contributed by atoms with Gasteiger partial charge in [-0.15, -0.1) is 10.2 Å². The van der Waals surface area contributed by atoms with E-state index in [0.717, 1.165) is 50.2 Å². The molecule has 4 heterocycles. The van der Waals surface area contributed by atoms with Gasteiger partial charge in [0, 0.05) is 32.1 Å². The van der Waals surface area contributed by atoms with Crippen LogP contribution >= 0.6 is 0 Å². The Balaban J connectivity index is 1.29. The lowest BCUT2D eigenvalue weighted by atomic mass is 9.96. The van der Waals surface area contributed by atoms with Crippen LogP contribution in [0.2, 0.25) is 0 Å². The van der Waals surface area contributed by atoms with Crippen molar-refractivity contribution in [3.8, 4) is 0 Å². The van der Waals surface area contributed by atoms with Gasteiger partial charge in [0.05, 0.1) is 18.9 Å². The van der Waals surface area contributed by atoms with Gasteiger partial charge in [-0.3, -0.25) is 0 Å². The molecule has 3 aliphatic rings. The SMILES string of the molecule is O=C(N1CCOCC1)N1CCC(c2nnc3cc4c(nn23)CCC4)CC1. The standard InChI is InChI=1S/C18H24N6O2/c25-18(23-8-10-26-11-9-23)22-6-4-13(5-7-22)17-20-19-16-12-14-2-1-3-15(14)21-24(16)17/h12-13H,1-11H2. The quantitative estimate of drug-likeness (QED) is 0.769. The van der Waals surface area contributed by atoms with Crippen molar-refractivity contribution in [2.75, 3.05) is 39.4 Å². The van der Waals surface area contributed by atoms with Gasteiger partial charge in [0.1, 0.15) is 0 Å². The number of aryl methyl sites for hydroxylation is 2. The van der Waals surface area contributed by atoms with Crippen LogP contribution in [0.1, 0.15) is 42.3 Å². The summed E-state index contributed by atoms with van der Waals surface area (Å²) in [7, 11) is 0. The Bertz CT molecular complexity index is 820. The Morgan fingerprint density at radius 2 is 1.81 bits per heavy atom. The van der Waals surface area contributed by atoms with Crippen LogP contribution in [0.4, 0.5) is 4.79 Å². The second kappa shape index (κ2) is 6.50. The van der Waals surface area contributed by atoms with Crippen LogP contribution in [0.15, 0.2) is 6.07 Å². The van der Waals surface area contributed by atoms with Crippen LogP contribution in [0.5, 0.6) is 0 Å². The molecule has 1 aliphatic carbocycles. The maximum absolute atomic E-state index is 12.6. The smallest absolute Gasteiger partial charge is 0.320 e. The van der Waals surface area contributed by atoms with Crippen LogP contribution in [-0.2, 0) is 17.6 Å². The fraction of sp³-hybridized carbons (Fsp3) is 0.667. The van der Waals surface area contributed by atoms with E-state index in [2.05, 4.69) is 16.3 Å². The number of carbonyl (C=O) groups excluding carboxylic acids is 1. The summed E-state index contributed by atoms with van der Waals surface area (Å²) in [5, 5.41) is 13.6. The highest BCUT2D eigenvalue weighted by Crippen LogP contribution is 2.29. The number of morpholine rings is 1. The Morgan fingerprint density at radius 3 is 2.62 bits per heavy atom. The molecular weight excluding hydrogens is 332 g/mol. The normalized spacial score (nSPS) is 21.4. The number of rotatable bonds is 1. The molecule has 0 saturated carbocycles. The van der Waals surface area contributed by atoms with Crippen molar-refractivity contribution in [1.82, 2.24) is 29.6 Å². The highest BCUT2D eigenvalue weighted by atomic mass is 16.5. The van der Waals surface area contributed by atoms with Crippen LogP contribution in [0, 0.1) is 0 Å². The Hall–Kier alpha value is -2.22. The van der Waals surface area contributed by atoms with Gasteiger partial charge in [-0.1, -0.05) is 0 Å². The summed E-state index contributed by atoms with van der Waals surface area (Å²) in [5.41, 5.74) is 3.37. The molecule has 8 nitrogen and oxygen atoms in total. The maximum atomic E-state index is 12.6. The number of amides is 2. The lowest BCUT2D eigenvalue weighted by Crippen LogP contribution is -2.50. The minimum absolute atomic E-state index is 0.147. The van der Waals surface area contributed by atoms with E-state index < -0.39 is 0 Å². The third-order valence-electron chi connectivity index (χ3n) is 5.86. The summed E-state index contributed by atoms with van der Waals surface area (Å²) in [5.74, 6) is 1.26. The van der Waals surface area contributed by atoms with Crippen LogP contribution < -0.4 is 0 Å². The molecule has 0 N–H and O–H groups in total. The number of ether oxygens (including phenoxy) is 1. The van der Waals surface area contributed by atoms with Crippen molar-refractivity contribution >= 4 is 11.7 Å². The molecule has 0 spiro atoms. The molecule has 0 bridgehead atoms. The molecule has 26 heavy (non-hydrogen) atoms. The summed E-state index contributed by atoms with van der Waals surface area (Å²) in [6.07, 6.45) is 5.16. The average molecular weight is 356 g/mol. The first-order valence-corrected chi connectivity index (χ1v) is 9.65. The molecule has 2 aliphatic heterocycles. The fourth-order valence-electron chi connectivity index (χ4n) is 4.33. The van der Waals surface area contributed by atoms with Gasteiger partial charge in [-0.25, -0.2) is 4.79 Å². The van der Waals surface area contributed by atoms with Crippen molar-refractivity contribution in [1.29, 1.82) is 0 Å². The van der Waals surface area contributed by atoms with E-state index in [0.29, 0.717) is 32.2 Å². The molecular formula is C18H24N6O2. The Labute approximate surface area is 152 Å². The number of aromatic nitrogens is 4. The maximum Gasteiger partial charge on any atom is 0.320 e. The van der Waals surface area contributed by atoms with E-state index in [1.807, 2.05) is 14.3 Å². The number of urea groups is 1. The Morgan fingerprint density at radius 1 is 1.04 bits per heavy atom. The van der Waals surface area contributed by atoms with Crippen LogP contribution in [-0.4, -0.2) is 75.0 Å². The second-order valence-corrected chi connectivity index (χ2v) is 7.44. The molecule has 138 valence electrons. The number of hydrogen-bond acceptors (Lipinski definition) is 5. The monoisotopic (exact) mass is 356 g/mol. The number of hydrogen-bond donors (Lipinski definition) is 0. The van der Waals surface area contributed by atoms with Crippen molar-refractivity contribution in [2.45, 2.75) is 38.0 Å². The summed E-state index contributed by atoms with van der Waals surface area (Å²) >= 11 is 0. The largest absolute Gasteiger partial charge is 0.378 e. The first-order valence-electron chi connectivity index (χ1n) is 9.65. The zero-order valence-corrected chi connectivity index (χ0v) is 14.9. The number of likely N-dealkylation sites (tertiary alicyclic amines) is 1.